The zero-order valence-electron chi connectivity index (χ0n) is 36.3. The third-order valence-corrected chi connectivity index (χ3v) is 14.0. The molecule has 7 heterocycles. The fraction of sp³-hybridized carbons (Fsp3) is 0.478. The molecule has 17 nitrogen and oxygen atoms in total. The summed E-state index contributed by atoms with van der Waals surface area (Å²) >= 11 is 6.62. The molecule has 5 aliphatic rings. The number of carbonyl (C=O) groups excluding carboxylic acids is 5. The molecule has 336 valence electrons. The fourth-order valence-corrected chi connectivity index (χ4v) is 10.2. The summed E-state index contributed by atoms with van der Waals surface area (Å²) in [7, 11) is 1.51. The molecule has 2 aromatic carbocycles. The molecule has 18 heteroatoms. The molecular formula is C46H53ClN10O7. The number of benzene rings is 2. The van der Waals surface area contributed by atoms with Crippen LogP contribution in [0.2, 0.25) is 5.02 Å². The van der Waals surface area contributed by atoms with Crippen molar-refractivity contribution in [2.45, 2.75) is 70.9 Å². The van der Waals surface area contributed by atoms with Gasteiger partial charge in [-0.05, 0) is 119 Å². The van der Waals surface area contributed by atoms with Crippen molar-refractivity contribution >= 4 is 75.2 Å². The molecule has 4 saturated heterocycles. The zero-order valence-corrected chi connectivity index (χ0v) is 37.1. The predicted octanol–water partition coefficient (Wildman–Crippen LogP) is 4.50. The number of carbonyl (C=O) groups is 5. The van der Waals surface area contributed by atoms with Gasteiger partial charge in [-0.3, -0.25) is 39.0 Å². The van der Waals surface area contributed by atoms with E-state index in [1.807, 2.05) is 38.1 Å². The first-order valence-corrected chi connectivity index (χ1v) is 22.6. The molecule has 1 spiro atoms. The number of ether oxygens (including phenoxy) is 1. The third-order valence-electron chi connectivity index (χ3n) is 13.7. The number of anilines is 4. The van der Waals surface area contributed by atoms with Crippen LogP contribution in [0, 0.1) is 11.3 Å². The van der Waals surface area contributed by atoms with Gasteiger partial charge in [0, 0.05) is 69.0 Å². The van der Waals surface area contributed by atoms with Crippen molar-refractivity contribution in [2.24, 2.45) is 11.3 Å². The number of imide groups is 2. The van der Waals surface area contributed by atoms with Crippen molar-refractivity contribution < 1.29 is 28.7 Å². The van der Waals surface area contributed by atoms with E-state index in [0.717, 1.165) is 105 Å². The average Bonchev–Trinajstić information content (AvgIpc) is 3.81. The molecule has 4 aromatic rings. The van der Waals surface area contributed by atoms with E-state index in [1.165, 1.54) is 7.05 Å². The van der Waals surface area contributed by atoms with E-state index in [-0.39, 0.29) is 48.1 Å². The normalized spacial score (nSPS) is 20.4. The van der Waals surface area contributed by atoms with E-state index in [0.29, 0.717) is 33.8 Å². The first-order valence-electron chi connectivity index (χ1n) is 22.2. The van der Waals surface area contributed by atoms with E-state index < -0.39 is 29.7 Å². The van der Waals surface area contributed by atoms with Crippen LogP contribution < -0.4 is 36.0 Å². The van der Waals surface area contributed by atoms with Gasteiger partial charge in [-0.1, -0.05) is 11.6 Å². The predicted molar refractivity (Wildman–Crippen MR) is 241 cm³/mol. The Labute approximate surface area is 375 Å². The van der Waals surface area contributed by atoms with Crippen molar-refractivity contribution in [2.75, 3.05) is 74.6 Å². The van der Waals surface area contributed by atoms with Crippen LogP contribution >= 0.6 is 11.6 Å². The molecule has 4 fully saturated rings. The highest BCUT2D eigenvalue weighted by atomic mass is 35.5. The van der Waals surface area contributed by atoms with Gasteiger partial charge in [0.05, 0.1) is 22.8 Å². The molecule has 0 saturated carbocycles. The number of likely N-dealkylation sites (tertiary alicyclic amines) is 1. The molecule has 64 heavy (non-hydrogen) atoms. The number of rotatable bonds is 11. The van der Waals surface area contributed by atoms with Crippen LogP contribution in [0.5, 0.6) is 5.75 Å². The smallest absolute Gasteiger partial charge is 0.293 e. The maximum Gasteiger partial charge on any atom is 0.293 e. The summed E-state index contributed by atoms with van der Waals surface area (Å²) in [6, 6.07) is 11.6. The van der Waals surface area contributed by atoms with E-state index in [9.17, 15) is 28.8 Å². The standard InChI is InChI=1S/C46H53ClN10O7/c1-27(2)56-35-7-4-30(20-29(35)21-37(44(56)63)64-25-39(59)48-3)50-40-34(47)23-49-45(52-40)54-15-10-28(11-16-54)24-53-17-12-46(13-18-53)14-19-55(26-46)31-5-6-32-33(22-31)43(62)57(42(32)61)36-8-9-38(58)51-41(36)60/h4-7,20-23,27-28,36H,8-19,24-26H2,1-3H3,(H,48,59)(H,49,50,52)(H,51,58,60). The van der Waals surface area contributed by atoms with Crippen molar-refractivity contribution in [3.63, 3.8) is 0 Å². The second kappa shape index (κ2) is 17.5. The summed E-state index contributed by atoms with van der Waals surface area (Å²) in [5.41, 5.74) is 2.88. The number of nitrogens with one attached hydrogen (secondary N) is 3. The van der Waals surface area contributed by atoms with Gasteiger partial charge in [-0.15, -0.1) is 0 Å². The molecule has 1 atom stereocenters. The molecule has 9 rings (SSSR count). The van der Waals surface area contributed by atoms with Crippen LogP contribution in [0.25, 0.3) is 10.9 Å². The molecule has 0 radical (unpaired) electrons. The second-order valence-corrected chi connectivity index (χ2v) is 18.5. The van der Waals surface area contributed by atoms with Crippen LogP contribution in [-0.2, 0) is 14.4 Å². The molecule has 0 aliphatic carbocycles. The van der Waals surface area contributed by atoms with Gasteiger partial charge in [0.15, 0.2) is 18.2 Å². The van der Waals surface area contributed by atoms with E-state index in [4.69, 9.17) is 21.3 Å². The maximum absolute atomic E-state index is 13.5. The number of hydrogen-bond acceptors (Lipinski definition) is 13. The number of piperidine rings is 3. The minimum Gasteiger partial charge on any atom is -0.478 e. The van der Waals surface area contributed by atoms with E-state index in [1.54, 1.807) is 29.0 Å². The van der Waals surface area contributed by atoms with Crippen molar-refractivity contribution in [1.82, 2.24) is 35.0 Å². The zero-order chi connectivity index (χ0) is 44.9. The number of pyridine rings is 1. The highest BCUT2D eigenvalue weighted by molar-refractivity contribution is 6.33. The highest BCUT2D eigenvalue weighted by Gasteiger charge is 2.46. The molecule has 3 N–H and O–H groups in total. The lowest BCUT2D eigenvalue weighted by Gasteiger charge is -2.41. The van der Waals surface area contributed by atoms with Crippen molar-refractivity contribution in [3.05, 3.63) is 75.2 Å². The lowest BCUT2D eigenvalue weighted by atomic mass is 9.77. The fourth-order valence-electron chi connectivity index (χ4n) is 10.1. The van der Waals surface area contributed by atoms with Crippen molar-refractivity contribution in [1.29, 1.82) is 0 Å². The Morgan fingerprint density at radius 3 is 2.41 bits per heavy atom. The monoisotopic (exact) mass is 892 g/mol. The highest BCUT2D eigenvalue weighted by Crippen LogP contribution is 2.43. The van der Waals surface area contributed by atoms with Crippen LogP contribution in [0.1, 0.15) is 85.6 Å². The van der Waals surface area contributed by atoms with E-state index >= 15 is 0 Å². The largest absolute Gasteiger partial charge is 0.478 e. The van der Waals surface area contributed by atoms with Crippen molar-refractivity contribution in [3.8, 4) is 5.75 Å². The molecule has 5 aliphatic heterocycles. The van der Waals surface area contributed by atoms with Gasteiger partial charge in [0.2, 0.25) is 17.8 Å². The molecule has 0 bridgehead atoms. The number of fused-ring (bicyclic) bond motifs is 2. The van der Waals surface area contributed by atoms with Gasteiger partial charge in [-0.25, -0.2) is 4.98 Å². The molecular weight excluding hydrogens is 840 g/mol. The Kier molecular flexibility index (Phi) is 11.8. The summed E-state index contributed by atoms with van der Waals surface area (Å²) < 4.78 is 7.28. The summed E-state index contributed by atoms with van der Waals surface area (Å²) in [4.78, 5) is 93.6. The van der Waals surface area contributed by atoms with Gasteiger partial charge >= 0.3 is 0 Å². The Morgan fingerprint density at radius 1 is 0.922 bits per heavy atom. The van der Waals surface area contributed by atoms with Gasteiger partial charge in [-0.2, -0.15) is 4.98 Å². The minimum absolute atomic E-state index is 0.0900. The Bertz CT molecular complexity index is 2600. The molecule has 1 unspecified atom stereocenters. The Hall–Kier alpha value is -6.07. The number of likely N-dealkylation sites (N-methyl/N-ethyl adjacent to an activating group) is 1. The van der Waals surface area contributed by atoms with Crippen LogP contribution in [0.3, 0.4) is 0 Å². The average molecular weight is 893 g/mol. The maximum atomic E-state index is 13.5. The minimum atomic E-state index is -0.977. The quantitative estimate of drug-likeness (QED) is 0.179. The summed E-state index contributed by atoms with van der Waals surface area (Å²) in [5.74, 6) is -0.548. The molecule has 5 amide bonds. The van der Waals surface area contributed by atoms with Gasteiger partial charge in [0.1, 0.15) is 11.1 Å². The van der Waals surface area contributed by atoms with Gasteiger partial charge in [0.25, 0.3) is 23.3 Å². The first kappa shape index (κ1) is 43.2. The van der Waals surface area contributed by atoms with Crippen LogP contribution in [0.4, 0.5) is 23.1 Å². The lowest BCUT2D eigenvalue weighted by molar-refractivity contribution is -0.136. The van der Waals surface area contributed by atoms with Crippen LogP contribution in [0.15, 0.2) is 53.5 Å². The summed E-state index contributed by atoms with van der Waals surface area (Å²) in [6.45, 7) is 10.1. The van der Waals surface area contributed by atoms with Gasteiger partial charge < -0.3 is 34.6 Å². The topological polar surface area (TPSA) is 191 Å². The second-order valence-electron chi connectivity index (χ2n) is 18.1. The van der Waals surface area contributed by atoms with E-state index in [2.05, 4.69) is 35.6 Å². The lowest BCUT2D eigenvalue weighted by Crippen LogP contribution is -2.54. The SMILES string of the molecule is CNC(=O)COc1cc2cc(Nc3nc(N4CCC(CN5CCC6(CC5)CCN(c5ccc7c(c5)C(=O)N(C5CCC(=O)NC5=O)C7=O)C6)CC4)ncc3Cl)ccc2n(C(C)C)c1=O. The first-order chi connectivity index (χ1) is 30.8. The molecule has 2 aromatic heterocycles. The Balaban J connectivity index is 0.775. The summed E-state index contributed by atoms with van der Waals surface area (Å²) in [6.07, 6.45) is 7.17. The third kappa shape index (κ3) is 8.38. The number of aromatic nitrogens is 3. The summed E-state index contributed by atoms with van der Waals surface area (Å²) in [5, 5.41) is 9.25. The number of hydrogen-bond donors (Lipinski definition) is 3. The number of halogens is 1. The number of nitrogens with zero attached hydrogens (tertiary/aromatic N) is 7. The Morgan fingerprint density at radius 2 is 1.67 bits per heavy atom. The van der Waals surface area contributed by atoms with Crippen LogP contribution in [-0.4, -0.2) is 119 Å². The number of amides is 5.